The van der Waals surface area contributed by atoms with Gasteiger partial charge in [-0.3, -0.25) is 4.79 Å². The highest BCUT2D eigenvalue weighted by Gasteiger charge is 2.09. The summed E-state index contributed by atoms with van der Waals surface area (Å²) in [5.74, 6) is 1.49. The average molecular weight is 332 g/mol. The van der Waals surface area contributed by atoms with Crippen molar-refractivity contribution in [3.8, 4) is 5.75 Å². The molecule has 0 aromatic heterocycles. The molecule has 6 nitrogen and oxygen atoms in total. The van der Waals surface area contributed by atoms with Crippen molar-refractivity contribution in [1.82, 2.24) is 15.1 Å². The fraction of sp³-hybridized carbons (Fsp3) is 0.444. The van der Waals surface area contributed by atoms with Gasteiger partial charge in [0.1, 0.15) is 18.9 Å². The number of aryl methyl sites for hydroxylation is 1. The van der Waals surface area contributed by atoms with Crippen molar-refractivity contribution in [2.45, 2.75) is 6.92 Å². The summed E-state index contributed by atoms with van der Waals surface area (Å²) in [6.45, 7) is 7.57. The highest BCUT2D eigenvalue weighted by molar-refractivity contribution is 5.84. The van der Waals surface area contributed by atoms with E-state index < -0.39 is 0 Å². The SMILES string of the molecule is C=CCNC(=NCC(=O)N(C)C)N(C)CCOc1ccccc1C. The molecule has 0 aliphatic heterocycles. The number of aliphatic imine (C=N–C) groups is 1. The Morgan fingerprint density at radius 3 is 2.67 bits per heavy atom. The number of nitrogens with one attached hydrogen (secondary N) is 1. The number of nitrogens with zero attached hydrogens (tertiary/aromatic N) is 3. The van der Waals surface area contributed by atoms with Gasteiger partial charge in [-0.1, -0.05) is 24.3 Å². The number of carbonyl (C=O) groups is 1. The topological polar surface area (TPSA) is 57.2 Å². The molecule has 1 rings (SSSR count). The molecule has 0 spiro atoms. The molecule has 0 aliphatic rings. The van der Waals surface area contributed by atoms with Crippen LogP contribution in [0, 0.1) is 6.92 Å². The van der Waals surface area contributed by atoms with Gasteiger partial charge in [0.25, 0.3) is 0 Å². The molecule has 0 fully saturated rings. The maximum Gasteiger partial charge on any atom is 0.243 e. The van der Waals surface area contributed by atoms with E-state index in [2.05, 4.69) is 16.9 Å². The Bertz CT molecular complexity index is 570. The van der Waals surface area contributed by atoms with Gasteiger partial charge in [0, 0.05) is 27.7 Å². The first kappa shape index (κ1) is 19.5. The number of rotatable bonds is 8. The van der Waals surface area contributed by atoms with Crippen LogP contribution in [-0.4, -0.2) is 69.1 Å². The van der Waals surface area contributed by atoms with Gasteiger partial charge in [-0.2, -0.15) is 0 Å². The Hall–Kier alpha value is -2.50. The van der Waals surface area contributed by atoms with Gasteiger partial charge in [-0.25, -0.2) is 4.99 Å². The van der Waals surface area contributed by atoms with Crippen LogP contribution in [0.15, 0.2) is 41.9 Å². The van der Waals surface area contributed by atoms with Crippen molar-refractivity contribution < 1.29 is 9.53 Å². The lowest BCUT2D eigenvalue weighted by Crippen LogP contribution is -2.41. The number of ether oxygens (including phenoxy) is 1. The molecule has 0 unspecified atom stereocenters. The van der Waals surface area contributed by atoms with Gasteiger partial charge in [-0.15, -0.1) is 6.58 Å². The van der Waals surface area contributed by atoms with Crippen LogP contribution >= 0.6 is 0 Å². The standard InChI is InChI=1S/C18H28N4O2/c1-6-11-19-18(20-14-17(23)21(3)4)22(5)12-13-24-16-10-8-7-9-15(16)2/h6-10H,1,11-14H2,2-5H3,(H,19,20). The fourth-order valence-electron chi connectivity index (χ4n) is 1.88. The zero-order valence-corrected chi connectivity index (χ0v) is 15.1. The molecule has 6 heteroatoms. The van der Waals surface area contributed by atoms with E-state index >= 15 is 0 Å². The molecular weight excluding hydrogens is 304 g/mol. The van der Waals surface area contributed by atoms with Gasteiger partial charge in [0.15, 0.2) is 5.96 Å². The van der Waals surface area contributed by atoms with Crippen LogP contribution in [0.25, 0.3) is 0 Å². The molecule has 24 heavy (non-hydrogen) atoms. The van der Waals surface area contributed by atoms with Crippen molar-refractivity contribution >= 4 is 11.9 Å². The third kappa shape index (κ3) is 6.73. The normalized spacial score (nSPS) is 10.9. The smallest absolute Gasteiger partial charge is 0.243 e. The van der Waals surface area contributed by atoms with Gasteiger partial charge < -0.3 is 19.9 Å². The Morgan fingerprint density at radius 2 is 2.04 bits per heavy atom. The summed E-state index contributed by atoms with van der Waals surface area (Å²) in [6, 6.07) is 7.91. The average Bonchev–Trinajstić information content (AvgIpc) is 2.56. The van der Waals surface area contributed by atoms with Crippen molar-refractivity contribution in [1.29, 1.82) is 0 Å². The van der Waals surface area contributed by atoms with Crippen LogP contribution in [-0.2, 0) is 4.79 Å². The second kappa shape index (κ2) is 10.3. The second-order valence-electron chi connectivity index (χ2n) is 5.63. The number of amides is 1. The first-order valence-electron chi connectivity index (χ1n) is 7.94. The number of hydrogen-bond donors (Lipinski definition) is 1. The predicted octanol–water partition coefficient (Wildman–Crippen LogP) is 1.53. The molecule has 0 saturated carbocycles. The van der Waals surface area contributed by atoms with E-state index in [4.69, 9.17) is 4.74 Å². The zero-order chi connectivity index (χ0) is 17.9. The summed E-state index contributed by atoms with van der Waals surface area (Å²) in [5, 5.41) is 3.16. The van der Waals surface area contributed by atoms with E-state index in [-0.39, 0.29) is 12.5 Å². The third-order valence-corrected chi connectivity index (χ3v) is 3.41. The molecular formula is C18H28N4O2. The summed E-state index contributed by atoms with van der Waals surface area (Å²) >= 11 is 0. The summed E-state index contributed by atoms with van der Waals surface area (Å²) < 4.78 is 5.81. The number of carbonyl (C=O) groups excluding carboxylic acids is 1. The molecule has 132 valence electrons. The number of para-hydroxylation sites is 1. The van der Waals surface area contributed by atoms with Crippen molar-refractivity contribution in [3.05, 3.63) is 42.5 Å². The maximum atomic E-state index is 11.7. The lowest BCUT2D eigenvalue weighted by Gasteiger charge is -2.22. The Labute approximate surface area is 144 Å². The highest BCUT2D eigenvalue weighted by atomic mass is 16.5. The maximum absolute atomic E-state index is 11.7. The molecule has 0 aliphatic carbocycles. The van der Waals surface area contributed by atoms with Gasteiger partial charge >= 0.3 is 0 Å². The summed E-state index contributed by atoms with van der Waals surface area (Å²) in [5.41, 5.74) is 1.11. The quantitative estimate of drug-likeness (QED) is 0.446. The van der Waals surface area contributed by atoms with E-state index in [0.29, 0.717) is 25.7 Å². The minimum atomic E-state index is -0.0440. The number of likely N-dealkylation sites (N-methyl/N-ethyl adjacent to an activating group) is 2. The fourth-order valence-corrected chi connectivity index (χ4v) is 1.88. The van der Waals surface area contributed by atoms with Gasteiger partial charge in [0.05, 0.1) is 6.54 Å². The Kier molecular flexibility index (Phi) is 8.39. The molecule has 1 amide bonds. The Balaban J connectivity index is 2.58. The second-order valence-corrected chi connectivity index (χ2v) is 5.63. The highest BCUT2D eigenvalue weighted by Crippen LogP contribution is 2.15. The van der Waals surface area contributed by atoms with Gasteiger partial charge in [-0.05, 0) is 18.6 Å². The van der Waals surface area contributed by atoms with Crippen LogP contribution in [0.3, 0.4) is 0 Å². The van der Waals surface area contributed by atoms with E-state index in [1.807, 2.05) is 43.1 Å². The molecule has 0 bridgehead atoms. The van der Waals surface area contributed by atoms with Crippen molar-refractivity contribution in [2.24, 2.45) is 4.99 Å². The largest absolute Gasteiger partial charge is 0.491 e. The third-order valence-electron chi connectivity index (χ3n) is 3.41. The van der Waals surface area contributed by atoms with E-state index in [0.717, 1.165) is 11.3 Å². The van der Waals surface area contributed by atoms with Crippen molar-refractivity contribution in [2.75, 3.05) is 47.4 Å². The van der Waals surface area contributed by atoms with E-state index in [1.54, 1.807) is 20.2 Å². The molecule has 1 aromatic carbocycles. The van der Waals surface area contributed by atoms with Crippen LogP contribution in [0.5, 0.6) is 5.75 Å². The zero-order valence-electron chi connectivity index (χ0n) is 15.1. The Morgan fingerprint density at radius 1 is 1.33 bits per heavy atom. The lowest BCUT2D eigenvalue weighted by molar-refractivity contribution is -0.127. The van der Waals surface area contributed by atoms with Crippen LogP contribution in [0.4, 0.5) is 0 Å². The lowest BCUT2D eigenvalue weighted by atomic mass is 10.2. The molecule has 0 radical (unpaired) electrons. The molecule has 1 N–H and O–H groups in total. The van der Waals surface area contributed by atoms with Crippen LogP contribution < -0.4 is 10.1 Å². The summed E-state index contributed by atoms with van der Waals surface area (Å²) in [6.07, 6.45) is 1.75. The van der Waals surface area contributed by atoms with Gasteiger partial charge in [0.2, 0.25) is 5.91 Å². The summed E-state index contributed by atoms with van der Waals surface area (Å²) in [4.78, 5) is 19.5. The molecule has 0 saturated heterocycles. The molecule has 1 aromatic rings. The van der Waals surface area contributed by atoms with E-state index in [1.165, 1.54) is 4.90 Å². The predicted molar refractivity (Wildman–Crippen MR) is 98.5 cm³/mol. The van der Waals surface area contributed by atoms with E-state index in [9.17, 15) is 4.79 Å². The first-order valence-corrected chi connectivity index (χ1v) is 7.94. The number of hydrogen-bond acceptors (Lipinski definition) is 3. The minimum absolute atomic E-state index is 0.0440. The van der Waals surface area contributed by atoms with Crippen LogP contribution in [0.1, 0.15) is 5.56 Å². The first-order chi connectivity index (χ1) is 11.5. The summed E-state index contributed by atoms with van der Waals surface area (Å²) in [7, 11) is 5.35. The van der Waals surface area contributed by atoms with Crippen molar-refractivity contribution in [3.63, 3.8) is 0 Å². The number of benzene rings is 1. The molecule has 0 atom stereocenters. The number of guanidine groups is 1. The monoisotopic (exact) mass is 332 g/mol. The molecule has 0 heterocycles. The van der Waals surface area contributed by atoms with Crippen LogP contribution in [0.2, 0.25) is 0 Å². The minimum Gasteiger partial charge on any atom is -0.491 e.